The summed E-state index contributed by atoms with van der Waals surface area (Å²) >= 11 is 0. The Morgan fingerprint density at radius 3 is 2.38 bits per heavy atom. The third kappa shape index (κ3) is 3.58. The molecular formula is C22H26N4O3. The fraction of sp³-hybridized carbons (Fsp3) is 0.409. The average Bonchev–Trinajstić information content (AvgIpc) is 2.93. The Morgan fingerprint density at radius 1 is 1.03 bits per heavy atom. The van der Waals surface area contributed by atoms with E-state index in [9.17, 15) is 9.59 Å². The number of benzene rings is 1. The highest BCUT2D eigenvalue weighted by atomic mass is 16.5. The Labute approximate surface area is 170 Å². The standard InChI is InChI=1S/C22H26N4O3/c1-24-21(28)26(15-17-6-8-19(29-2)9-7-17)20(27)22(24)10-13-25(14-11-22)16-18-5-3-4-12-23-18/h3-9,12H,10-11,13-16H2,1-2H3. The highest BCUT2D eigenvalue weighted by Crippen LogP contribution is 2.37. The molecular weight excluding hydrogens is 368 g/mol. The summed E-state index contributed by atoms with van der Waals surface area (Å²) in [6, 6.07) is 13.1. The Hall–Kier alpha value is -2.93. The van der Waals surface area contributed by atoms with E-state index in [-0.39, 0.29) is 18.5 Å². The van der Waals surface area contributed by atoms with E-state index in [1.807, 2.05) is 42.5 Å². The fourth-order valence-corrected chi connectivity index (χ4v) is 4.25. The van der Waals surface area contributed by atoms with Gasteiger partial charge in [-0.3, -0.25) is 19.6 Å². The summed E-state index contributed by atoms with van der Waals surface area (Å²) in [6.07, 6.45) is 3.07. The number of rotatable bonds is 5. The zero-order chi connectivity index (χ0) is 20.4. The molecule has 7 heteroatoms. The van der Waals surface area contributed by atoms with E-state index in [0.29, 0.717) is 12.8 Å². The SMILES string of the molecule is COc1ccc(CN2C(=O)N(C)C3(CCN(Cc4ccccn4)CC3)C2=O)cc1. The van der Waals surface area contributed by atoms with Gasteiger partial charge in [-0.1, -0.05) is 18.2 Å². The number of methoxy groups -OCH3 is 1. The summed E-state index contributed by atoms with van der Waals surface area (Å²) in [5.41, 5.74) is 1.20. The van der Waals surface area contributed by atoms with E-state index < -0.39 is 5.54 Å². The number of carbonyl (C=O) groups excluding carboxylic acids is 2. The van der Waals surface area contributed by atoms with Crippen LogP contribution in [0.1, 0.15) is 24.1 Å². The number of imide groups is 1. The van der Waals surface area contributed by atoms with E-state index in [1.165, 1.54) is 4.90 Å². The van der Waals surface area contributed by atoms with Crippen LogP contribution in [0, 0.1) is 0 Å². The molecule has 0 radical (unpaired) electrons. The van der Waals surface area contributed by atoms with Gasteiger partial charge in [-0.05, 0) is 42.7 Å². The van der Waals surface area contributed by atoms with E-state index in [1.54, 1.807) is 25.3 Å². The maximum Gasteiger partial charge on any atom is 0.327 e. The zero-order valence-electron chi connectivity index (χ0n) is 16.9. The van der Waals surface area contributed by atoms with Gasteiger partial charge in [0, 0.05) is 32.9 Å². The number of aromatic nitrogens is 1. The summed E-state index contributed by atoms with van der Waals surface area (Å²) in [7, 11) is 3.37. The Morgan fingerprint density at radius 2 is 1.76 bits per heavy atom. The van der Waals surface area contributed by atoms with Crippen molar-refractivity contribution in [1.29, 1.82) is 0 Å². The van der Waals surface area contributed by atoms with Crippen molar-refractivity contribution >= 4 is 11.9 Å². The van der Waals surface area contributed by atoms with Crippen molar-refractivity contribution in [1.82, 2.24) is 19.7 Å². The molecule has 0 atom stereocenters. The highest BCUT2D eigenvalue weighted by Gasteiger charge is 2.56. The molecule has 2 saturated heterocycles. The quantitative estimate of drug-likeness (QED) is 0.729. The lowest BCUT2D eigenvalue weighted by Crippen LogP contribution is -2.55. The van der Waals surface area contributed by atoms with Gasteiger partial charge in [0.05, 0.1) is 19.3 Å². The van der Waals surface area contributed by atoms with Gasteiger partial charge in [-0.25, -0.2) is 4.79 Å². The predicted octanol–water partition coefficient (Wildman–Crippen LogP) is 2.52. The van der Waals surface area contributed by atoms with Crippen LogP contribution in [0.3, 0.4) is 0 Å². The Bertz CT molecular complexity index is 877. The topological polar surface area (TPSA) is 66.0 Å². The second-order valence-corrected chi connectivity index (χ2v) is 7.71. The normalized spacial score (nSPS) is 19.2. The Balaban J connectivity index is 1.44. The van der Waals surface area contributed by atoms with Crippen molar-refractivity contribution in [2.45, 2.75) is 31.5 Å². The number of nitrogens with zero attached hydrogens (tertiary/aromatic N) is 4. The van der Waals surface area contributed by atoms with Gasteiger partial charge in [-0.2, -0.15) is 0 Å². The molecule has 2 aliphatic heterocycles. The molecule has 2 aliphatic rings. The maximum atomic E-state index is 13.3. The van der Waals surface area contributed by atoms with Crippen LogP contribution in [0.4, 0.5) is 4.79 Å². The summed E-state index contributed by atoms with van der Waals surface area (Å²) in [6.45, 7) is 2.57. The number of carbonyl (C=O) groups is 2. The number of amides is 3. The summed E-state index contributed by atoms with van der Waals surface area (Å²) in [5.74, 6) is 0.667. The van der Waals surface area contributed by atoms with Crippen LogP contribution in [0.15, 0.2) is 48.7 Å². The van der Waals surface area contributed by atoms with Gasteiger partial charge in [0.1, 0.15) is 11.3 Å². The molecule has 152 valence electrons. The van der Waals surface area contributed by atoms with Crippen LogP contribution in [0.2, 0.25) is 0 Å². The minimum Gasteiger partial charge on any atom is -0.497 e. The average molecular weight is 394 g/mol. The number of piperidine rings is 1. The molecule has 1 aromatic carbocycles. The smallest absolute Gasteiger partial charge is 0.327 e. The van der Waals surface area contributed by atoms with Gasteiger partial charge in [0.2, 0.25) is 0 Å². The summed E-state index contributed by atoms with van der Waals surface area (Å²) in [5, 5.41) is 0. The van der Waals surface area contributed by atoms with Crippen LogP contribution in [0.5, 0.6) is 5.75 Å². The first-order valence-electron chi connectivity index (χ1n) is 9.88. The number of hydrogen-bond acceptors (Lipinski definition) is 5. The zero-order valence-corrected chi connectivity index (χ0v) is 16.9. The first-order valence-corrected chi connectivity index (χ1v) is 9.88. The second kappa shape index (κ2) is 7.83. The fourth-order valence-electron chi connectivity index (χ4n) is 4.25. The monoisotopic (exact) mass is 394 g/mol. The molecule has 0 bridgehead atoms. The van der Waals surface area contributed by atoms with Crippen LogP contribution in [-0.4, -0.2) is 64.4 Å². The second-order valence-electron chi connectivity index (χ2n) is 7.71. The molecule has 2 fully saturated rings. The van der Waals surface area contributed by atoms with Crippen molar-refractivity contribution in [3.05, 3.63) is 59.9 Å². The number of pyridine rings is 1. The molecule has 7 nitrogen and oxygen atoms in total. The lowest BCUT2D eigenvalue weighted by molar-refractivity contribution is -0.135. The number of urea groups is 1. The first-order chi connectivity index (χ1) is 14.0. The summed E-state index contributed by atoms with van der Waals surface area (Å²) in [4.78, 5) is 35.9. The molecule has 0 unspecified atom stereocenters. The van der Waals surface area contributed by atoms with Gasteiger partial charge < -0.3 is 9.64 Å². The van der Waals surface area contributed by atoms with Crippen LogP contribution < -0.4 is 4.74 Å². The van der Waals surface area contributed by atoms with Crippen molar-refractivity contribution in [2.75, 3.05) is 27.2 Å². The molecule has 1 spiro atoms. The minimum atomic E-state index is -0.732. The van der Waals surface area contributed by atoms with Crippen LogP contribution in [-0.2, 0) is 17.9 Å². The van der Waals surface area contributed by atoms with Crippen molar-refractivity contribution in [3.63, 3.8) is 0 Å². The highest BCUT2D eigenvalue weighted by molar-refractivity contribution is 6.06. The molecule has 3 amide bonds. The van der Waals surface area contributed by atoms with Gasteiger partial charge in [0.15, 0.2) is 0 Å². The molecule has 29 heavy (non-hydrogen) atoms. The third-order valence-corrected chi connectivity index (χ3v) is 6.10. The number of hydrogen-bond donors (Lipinski definition) is 0. The first kappa shape index (κ1) is 19.4. The Kier molecular flexibility index (Phi) is 5.24. The molecule has 1 aromatic heterocycles. The lowest BCUT2D eigenvalue weighted by Gasteiger charge is -2.40. The maximum absolute atomic E-state index is 13.3. The minimum absolute atomic E-state index is 0.0849. The van der Waals surface area contributed by atoms with Gasteiger partial charge >= 0.3 is 6.03 Å². The van der Waals surface area contributed by atoms with Crippen molar-refractivity contribution in [3.8, 4) is 5.75 Å². The molecule has 0 aliphatic carbocycles. The van der Waals surface area contributed by atoms with Crippen LogP contribution >= 0.6 is 0 Å². The van der Waals surface area contributed by atoms with Gasteiger partial charge in [0.25, 0.3) is 5.91 Å². The predicted molar refractivity (Wildman–Crippen MR) is 108 cm³/mol. The van der Waals surface area contributed by atoms with Crippen molar-refractivity contribution in [2.24, 2.45) is 0 Å². The van der Waals surface area contributed by atoms with E-state index in [2.05, 4.69) is 9.88 Å². The molecule has 0 saturated carbocycles. The van der Waals surface area contributed by atoms with E-state index in [4.69, 9.17) is 4.74 Å². The molecule has 2 aromatic rings. The van der Waals surface area contributed by atoms with Gasteiger partial charge in [-0.15, -0.1) is 0 Å². The van der Waals surface area contributed by atoms with Crippen molar-refractivity contribution < 1.29 is 14.3 Å². The number of likely N-dealkylation sites (tertiary alicyclic amines) is 1. The molecule has 3 heterocycles. The molecule has 0 N–H and O–H groups in total. The number of likely N-dealkylation sites (N-methyl/N-ethyl adjacent to an activating group) is 1. The van der Waals surface area contributed by atoms with E-state index >= 15 is 0 Å². The van der Waals surface area contributed by atoms with E-state index in [0.717, 1.165) is 36.6 Å². The molecule has 4 rings (SSSR count). The summed E-state index contributed by atoms with van der Waals surface area (Å²) < 4.78 is 5.18. The largest absolute Gasteiger partial charge is 0.497 e. The number of ether oxygens (including phenoxy) is 1. The van der Waals surface area contributed by atoms with Crippen LogP contribution in [0.25, 0.3) is 0 Å². The lowest BCUT2D eigenvalue weighted by atomic mass is 9.86. The third-order valence-electron chi connectivity index (χ3n) is 6.10.